The molecule has 1 amide bonds. The second-order valence-corrected chi connectivity index (χ2v) is 13.1. The fourth-order valence-corrected chi connectivity index (χ4v) is 7.21. The molecule has 5 aromatic rings. The van der Waals surface area contributed by atoms with Crippen molar-refractivity contribution < 1.29 is 18.3 Å². The minimum atomic E-state index is -0.939. The van der Waals surface area contributed by atoms with Crippen LogP contribution in [0.25, 0.3) is 43.9 Å². The predicted molar refractivity (Wildman–Crippen MR) is 181 cm³/mol. The van der Waals surface area contributed by atoms with E-state index in [1.54, 1.807) is 23.7 Å². The molecule has 0 bridgehead atoms. The van der Waals surface area contributed by atoms with E-state index in [-0.39, 0.29) is 43.7 Å². The third kappa shape index (κ3) is 5.95. The number of hydrogen-bond donors (Lipinski definition) is 1. The summed E-state index contributed by atoms with van der Waals surface area (Å²) in [5.41, 5.74) is 2.87. The average Bonchev–Trinajstić information content (AvgIpc) is 3.87. The second-order valence-electron chi connectivity index (χ2n) is 12.1. The van der Waals surface area contributed by atoms with Crippen molar-refractivity contribution in [3.05, 3.63) is 75.7 Å². The van der Waals surface area contributed by atoms with Crippen LogP contribution < -0.4 is 9.64 Å². The first kappa shape index (κ1) is 31.6. The summed E-state index contributed by atoms with van der Waals surface area (Å²) in [6, 6.07) is 6.96. The van der Waals surface area contributed by atoms with Gasteiger partial charge in [0.15, 0.2) is 11.6 Å². The molecular formula is C34H33F2N9O2S. The highest BCUT2D eigenvalue weighted by Crippen LogP contribution is 2.38. The zero-order chi connectivity index (χ0) is 33.4. The number of H-pyrrole nitrogens is 1. The molecule has 14 heteroatoms. The molecule has 2 saturated heterocycles. The van der Waals surface area contributed by atoms with Crippen LogP contribution in [0.2, 0.25) is 0 Å². The smallest absolute Gasteiger partial charge is 0.319 e. The van der Waals surface area contributed by atoms with Gasteiger partial charge in [0.2, 0.25) is 6.54 Å². The van der Waals surface area contributed by atoms with Gasteiger partial charge in [-0.25, -0.2) is 20.3 Å². The minimum absolute atomic E-state index is 0.0420. The van der Waals surface area contributed by atoms with Crippen LogP contribution in [0.15, 0.2) is 47.9 Å². The highest BCUT2D eigenvalue weighted by molar-refractivity contribution is 7.10. The maximum atomic E-state index is 16.8. The zero-order valence-electron chi connectivity index (χ0n) is 26.5. The number of likely N-dealkylation sites (N-methyl/N-ethyl adjacent to an activating group) is 1. The van der Waals surface area contributed by atoms with E-state index in [2.05, 4.69) is 29.9 Å². The molecule has 0 saturated carbocycles. The Morgan fingerprint density at radius 2 is 2.06 bits per heavy atom. The first-order valence-electron chi connectivity index (χ1n) is 15.7. The Hall–Kier alpha value is -5.00. The minimum Gasteiger partial charge on any atom is -0.462 e. The molecule has 2 atom stereocenters. The van der Waals surface area contributed by atoms with Crippen LogP contribution in [0, 0.1) is 19.3 Å². The second kappa shape index (κ2) is 13.2. The molecule has 2 aliphatic rings. The Morgan fingerprint density at radius 1 is 1.19 bits per heavy atom. The van der Waals surface area contributed by atoms with Gasteiger partial charge in [-0.2, -0.15) is 15.1 Å². The maximum absolute atomic E-state index is 16.8. The molecule has 0 unspecified atom stereocenters. The van der Waals surface area contributed by atoms with Gasteiger partial charge in [-0.15, -0.1) is 11.3 Å². The number of aromatic nitrogens is 5. The van der Waals surface area contributed by atoms with E-state index in [4.69, 9.17) is 16.3 Å². The molecule has 0 spiro atoms. The molecule has 3 aromatic heterocycles. The number of likely N-dealkylation sites (tertiary alicyclic amines) is 1. The van der Waals surface area contributed by atoms with Crippen molar-refractivity contribution in [3.8, 4) is 17.1 Å². The summed E-state index contributed by atoms with van der Waals surface area (Å²) in [5.74, 6) is -1.82. The number of nitrogens with one attached hydrogen (secondary N) is 1. The molecule has 0 radical (unpaired) electrons. The van der Waals surface area contributed by atoms with Gasteiger partial charge in [0.25, 0.3) is 5.91 Å². The van der Waals surface area contributed by atoms with Crippen LogP contribution in [0.1, 0.15) is 23.4 Å². The van der Waals surface area contributed by atoms with Gasteiger partial charge < -0.3 is 24.3 Å². The highest BCUT2D eigenvalue weighted by Gasteiger charge is 2.36. The topological polar surface area (TPSA) is 108 Å². The third-order valence-corrected chi connectivity index (χ3v) is 9.92. The molecule has 11 nitrogen and oxygen atoms in total. The summed E-state index contributed by atoms with van der Waals surface area (Å²) in [5, 5.41) is 10.5. The van der Waals surface area contributed by atoms with Gasteiger partial charge in [0, 0.05) is 59.7 Å². The van der Waals surface area contributed by atoms with Crippen molar-refractivity contribution in [3.63, 3.8) is 0 Å². The van der Waals surface area contributed by atoms with Crippen molar-refractivity contribution in [2.75, 3.05) is 51.3 Å². The van der Waals surface area contributed by atoms with Crippen molar-refractivity contribution in [1.29, 1.82) is 0 Å². The van der Waals surface area contributed by atoms with Gasteiger partial charge in [0.05, 0.1) is 11.7 Å². The van der Waals surface area contributed by atoms with E-state index >= 15 is 8.78 Å². The number of aryl methyl sites for hydroxylation is 1. The van der Waals surface area contributed by atoms with Crippen molar-refractivity contribution in [2.24, 2.45) is 0 Å². The normalized spacial score (nSPS) is 18.9. The van der Waals surface area contributed by atoms with Gasteiger partial charge >= 0.3 is 6.01 Å². The highest BCUT2D eigenvalue weighted by atomic mass is 32.1. The lowest BCUT2D eigenvalue weighted by Crippen LogP contribution is -2.56. The van der Waals surface area contributed by atoms with Crippen LogP contribution in [0.4, 0.5) is 14.6 Å². The number of fused-ring (bicyclic) bond motifs is 2. The Labute approximate surface area is 279 Å². The third-order valence-electron chi connectivity index (χ3n) is 9.20. The largest absolute Gasteiger partial charge is 0.462 e. The van der Waals surface area contributed by atoms with E-state index in [0.29, 0.717) is 33.9 Å². The van der Waals surface area contributed by atoms with Crippen LogP contribution in [-0.2, 0) is 4.79 Å². The number of thiazole rings is 1. The maximum Gasteiger partial charge on any atom is 0.319 e. The molecule has 246 valence electrons. The molecule has 0 aliphatic carbocycles. The van der Waals surface area contributed by atoms with E-state index in [1.807, 2.05) is 31.0 Å². The number of nitrogens with zero attached hydrogens (tertiary/aromatic N) is 8. The SMILES string of the molecule is [C-]#[N+]C[C@H]1CN(c2nc(OC[C@@H]3CCCN3C)nc3c(F)c(-c4c(C)ccc5[nH]ncc45)ccc23)CCN1C(=O)/C(F)=C/c1nccs1. The van der Waals surface area contributed by atoms with Crippen molar-refractivity contribution in [1.82, 2.24) is 34.9 Å². The first-order valence-corrected chi connectivity index (χ1v) is 16.6. The number of amides is 1. The van der Waals surface area contributed by atoms with E-state index in [0.717, 1.165) is 41.9 Å². The fourth-order valence-electron chi connectivity index (χ4n) is 6.66. The molecule has 5 heterocycles. The summed E-state index contributed by atoms with van der Waals surface area (Å²) in [6.45, 7) is 11.4. The van der Waals surface area contributed by atoms with Crippen LogP contribution in [0.3, 0.4) is 0 Å². The summed E-state index contributed by atoms with van der Waals surface area (Å²) >= 11 is 1.22. The van der Waals surface area contributed by atoms with Gasteiger partial charge in [-0.1, -0.05) is 12.1 Å². The first-order chi connectivity index (χ1) is 23.3. The zero-order valence-corrected chi connectivity index (χ0v) is 27.3. The lowest BCUT2D eigenvalue weighted by Gasteiger charge is -2.39. The summed E-state index contributed by atoms with van der Waals surface area (Å²) < 4.78 is 38.0. The number of carbonyl (C=O) groups excluding carboxylic acids is 1. The molecule has 2 aliphatic heterocycles. The summed E-state index contributed by atoms with van der Waals surface area (Å²) in [6.07, 6.45) is 6.38. The van der Waals surface area contributed by atoms with E-state index < -0.39 is 23.6 Å². The predicted octanol–water partition coefficient (Wildman–Crippen LogP) is 5.50. The fraction of sp³-hybridized carbons (Fsp3) is 0.353. The Balaban J connectivity index is 1.27. The molecule has 7 rings (SSSR count). The van der Waals surface area contributed by atoms with Crippen molar-refractivity contribution in [2.45, 2.75) is 31.8 Å². The lowest BCUT2D eigenvalue weighted by molar-refractivity contribution is -0.130. The van der Waals surface area contributed by atoms with Crippen LogP contribution in [0.5, 0.6) is 6.01 Å². The monoisotopic (exact) mass is 669 g/mol. The number of halogens is 2. The lowest BCUT2D eigenvalue weighted by atomic mass is 9.95. The Kier molecular flexibility index (Phi) is 8.72. The Morgan fingerprint density at radius 3 is 2.83 bits per heavy atom. The standard InChI is InChI=1S/C34H33F2N9O2S/c1-20-6-9-27-25(17-39-42-27)29(20)23-7-8-24-31(30(23)36)40-34(47-19-21-5-4-11-43(21)3)41-32(24)44-12-13-45(22(18-44)16-37-2)33(46)26(35)15-28-38-10-14-48-28/h6-10,14-15,17,21-22H,4-5,11-13,16,18-19H2,1,3H3,(H,39,42)/b26-15-/t21-,22-/m0/s1. The number of anilines is 1. The van der Waals surface area contributed by atoms with Crippen LogP contribution >= 0.6 is 11.3 Å². The average molecular weight is 670 g/mol. The van der Waals surface area contributed by atoms with Crippen molar-refractivity contribution >= 4 is 50.9 Å². The molecule has 48 heavy (non-hydrogen) atoms. The number of piperazine rings is 1. The van der Waals surface area contributed by atoms with Gasteiger partial charge in [-0.05, 0) is 56.6 Å². The Bertz CT molecular complexity index is 2060. The van der Waals surface area contributed by atoms with Gasteiger partial charge in [0.1, 0.15) is 29.0 Å². The molecular weight excluding hydrogens is 636 g/mol. The molecule has 1 N–H and O–H groups in total. The van der Waals surface area contributed by atoms with Crippen LogP contribution in [-0.4, -0.2) is 99.3 Å². The quantitative estimate of drug-likeness (QED) is 0.171. The van der Waals surface area contributed by atoms with Gasteiger partial charge in [-0.3, -0.25) is 9.89 Å². The number of benzene rings is 2. The number of rotatable bonds is 8. The summed E-state index contributed by atoms with van der Waals surface area (Å²) in [7, 11) is 2.05. The van der Waals surface area contributed by atoms with E-state index in [1.165, 1.54) is 22.4 Å². The molecule has 2 fully saturated rings. The number of ether oxygens (including phenoxy) is 1. The number of hydrogen-bond acceptors (Lipinski definition) is 9. The molecule has 2 aromatic carbocycles. The number of carbonyl (C=O) groups is 1. The summed E-state index contributed by atoms with van der Waals surface area (Å²) in [4.78, 5) is 35.7. The number of aromatic amines is 1. The van der Waals surface area contributed by atoms with E-state index in [9.17, 15) is 4.79 Å².